The van der Waals surface area contributed by atoms with E-state index in [1.165, 1.54) is 17.6 Å². The molecule has 4 N–H and O–H groups in total. The number of amides is 2. The highest BCUT2D eigenvalue weighted by atomic mass is 16.5. The second-order valence-corrected chi connectivity index (χ2v) is 5.40. The number of ether oxygens (including phenoxy) is 1. The van der Waals surface area contributed by atoms with Crippen molar-refractivity contribution in [3.05, 3.63) is 35.4 Å². The lowest BCUT2D eigenvalue weighted by Crippen LogP contribution is -2.63. The molecule has 0 radical (unpaired) electrons. The first-order chi connectivity index (χ1) is 10.6. The highest BCUT2D eigenvalue weighted by Gasteiger charge is 2.40. The van der Waals surface area contributed by atoms with E-state index in [4.69, 9.17) is 9.94 Å². The Kier molecular flexibility index (Phi) is 3.82. The van der Waals surface area contributed by atoms with Crippen molar-refractivity contribution in [3.63, 3.8) is 0 Å². The highest BCUT2D eigenvalue weighted by molar-refractivity contribution is 5.99. The second kappa shape index (κ2) is 5.78. The van der Waals surface area contributed by atoms with Crippen molar-refractivity contribution in [1.29, 1.82) is 0 Å². The maximum atomic E-state index is 12.3. The van der Waals surface area contributed by atoms with E-state index in [-0.39, 0.29) is 5.91 Å². The molecule has 1 aromatic carbocycles. The van der Waals surface area contributed by atoms with Crippen LogP contribution < -0.4 is 20.9 Å². The standard InChI is InChI=1S/C15H17N3O4/c19-13(18-21)5-3-10-2-4-12-11(8-10)14(20)17-15(22-12)6-1-7-16-9-15/h2-5,8,16,21H,1,6-7,9H2,(H,17,20)(H,18,19). The minimum Gasteiger partial charge on any atom is -0.466 e. The van der Waals surface area contributed by atoms with Crippen LogP contribution in [0, 0.1) is 0 Å². The fourth-order valence-electron chi connectivity index (χ4n) is 2.71. The monoisotopic (exact) mass is 303 g/mol. The minimum atomic E-state index is -0.670. The van der Waals surface area contributed by atoms with E-state index in [1.54, 1.807) is 18.2 Å². The van der Waals surface area contributed by atoms with Crippen LogP contribution in [0.15, 0.2) is 24.3 Å². The molecule has 1 atom stereocenters. The summed E-state index contributed by atoms with van der Waals surface area (Å²) < 4.78 is 5.99. The van der Waals surface area contributed by atoms with E-state index in [0.717, 1.165) is 19.4 Å². The summed E-state index contributed by atoms with van der Waals surface area (Å²) >= 11 is 0. The van der Waals surface area contributed by atoms with Crippen LogP contribution in [0.25, 0.3) is 6.08 Å². The average molecular weight is 303 g/mol. The highest BCUT2D eigenvalue weighted by Crippen LogP contribution is 2.31. The molecule has 0 aliphatic carbocycles. The SMILES string of the molecule is O=C(C=Cc1ccc2c(c1)C(=O)NC1(CCCNC1)O2)NO. The van der Waals surface area contributed by atoms with Gasteiger partial charge in [0.15, 0.2) is 5.72 Å². The fraction of sp³-hybridized carbons (Fsp3) is 0.333. The van der Waals surface area contributed by atoms with Gasteiger partial charge in [0, 0.05) is 12.5 Å². The maximum Gasteiger partial charge on any atom is 0.267 e. The molecule has 1 spiro atoms. The Morgan fingerprint density at radius 1 is 1.45 bits per heavy atom. The van der Waals surface area contributed by atoms with Crippen molar-refractivity contribution in [3.8, 4) is 5.75 Å². The molecule has 22 heavy (non-hydrogen) atoms. The van der Waals surface area contributed by atoms with Crippen molar-refractivity contribution in [2.24, 2.45) is 0 Å². The average Bonchev–Trinajstić information content (AvgIpc) is 2.53. The normalized spacial score (nSPS) is 23.8. The number of hydrogen-bond donors (Lipinski definition) is 4. The number of carbonyl (C=O) groups excluding carboxylic acids is 2. The van der Waals surface area contributed by atoms with Gasteiger partial charge in [-0.2, -0.15) is 0 Å². The van der Waals surface area contributed by atoms with Gasteiger partial charge in [-0.05, 0) is 36.7 Å². The third-order valence-corrected chi connectivity index (χ3v) is 3.78. The molecule has 7 heteroatoms. The lowest BCUT2D eigenvalue weighted by molar-refractivity contribution is -0.124. The molecule has 2 aliphatic rings. The first-order valence-corrected chi connectivity index (χ1v) is 7.10. The van der Waals surface area contributed by atoms with Gasteiger partial charge in [-0.15, -0.1) is 0 Å². The molecular weight excluding hydrogens is 286 g/mol. The molecule has 0 aromatic heterocycles. The van der Waals surface area contributed by atoms with Crippen LogP contribution in [0.4, 0.5) is 0 Å². The fourth-order valence-corrected chi connectivity index (χ4v) is 2.71. The van der Waals surface area contributed by atoms with E-state index < -0.39 is 11.6 Å². The molecule has 116 valence electrons. The second-order valence-electron chi connectivity index (χ2n) is 5.40. The molecular formula is C15H17N3O4. The first-order valence-electron chi connectivity index (χ1n) is 7.10. The van der Waals surface area contributed by atoms with Crippen LogP contribution in [0.2, 0.25) is 0 Å². The summed E-state index contributed by atoms with van der Waals surface area (Å²) in [7, 11) is 0. The van der Waals surface area contributed by atoms with Crippen LogP contribution in [0.3, 0.4) is 0 Å². The van der Waals surface area contributed by atoms with Crippen molar-refractivity contribution < 1.29 is 19.5 Å². The van der Waals surface area contributed by atoms with Crippen LogP contribution in [-0.2, 0) is 4.79 Å². The van der Waals surface area contributed by atoms with Gasteiger partial charge < -0.3 is 15.4 Å². The van der Waals surface area contributed by atoms with Crippen LogP contribution in [0.1, 0.15) is 28.8 Å². The Bertz CT molecular complexity index is 636. The number of hydroxylamine groups is 1. The third kappa shape index (κ3) is 2.81. The molecule has 2 heterocycles. The first kappa shape index (κ1) is 14.6. The molecule has 2 aliphatic heterocycles. The van der Waals surface area contributed by atoms with Crippen LogP contribution >= 0.6 is 0 Å². The molecule has 2 amide bonds. The predicted molar refractivity (Wildman–Crippen MR) is 78.3 cm³/mol. The number of benzene rings is 1. The van der Waals surface area contributed by atoms with Gasteiger partial charge in [0.2, 0.25) is 0 Å². The Morgan fingerprint density at radius 2 is 2.32 bits per heavy atom. The van der Waals surface area contributed by atoms with Crippen LogP contribution in [0.5, 0.6) is 5.75 Å². The minimum absolute atomic E-state index is 0.188. The van der Waals surface area contributed by atoms with Crippen molar-refractivity contribution in [1.82, 2.24) is 16.1 Å². The van der Waals surface area contributed by atoms with Gasteiger partial charge in [0.05, 0.1) is 12.1 Å². The third-order valence-electron chi connectivity index (χ3n) is 3.78. The summed E-state index contributed by atoms with van der Waals surface area (Å²) in [4.78, 5) is 23.3. The lowest BCUT2D eigenvalue weighted by atomic mass is 9.98. The van der Waals surface area contributed by atoms with Crippen molar-refractivity contribution in [2.75, 3.05) is 13.1 Å². The Morgan fingerprint density at radius 3 is 3.05 bits per heavy atom. The predicted octanol–water partition coefficient (Wildman–Crippen LogP) is 0.407. The van der Waals surface area contributed by atoms with Gasteiger partial charge in [0.25, 0.3) is 11.8 Å². The number of hydrogen-bond acceptors (Lipinski definition) is 5. The Balaban J connectivity index is 1.85. The maximum absolute atomic E-state index is 12.3. The molecule has 1 unspecified atom stereocenters. The smallest absolute Gasteiger partial charge is 0.267 e. The zero-order valence-corrected chi connectivity index (χ0v) is 11.9. The van der Waals surface area contributed by atoms with E-state index >= 15 is 0 Å². The summed E-state index contributed by atoms with van der Waals surface area (Å²) in [6.07, 6.45) is 4.39. The summed E-state index contributed by atoms with van der Waals surface area (Å²) in [5.41, 5.74) is 1.94. The Labute approximate surface area is 127 Å². The van der Waals surface area contributed by atoms with Gasteiger partial charge in [-0.25, -0.2) is 5.48 Å². The molecule has 1 fully saturated rings. The van der Waals surface area contributed by atoms with Gasteiger partial charge in [0.1, 0.15) is 5.75 Å². The zero-order chi connectivity index (χ0) is 15.6. The van der Waals surface area contributed by atoms with Crippen LogP contribution in [-0.4, -0.2) is 35.8 Å². The van der Waals surface area contributed by atoms with E-state index in [9.17, 15) is 9.59 Å². The zero-order valence-electron chi connectivity index (χ0n) is 11.9. The lowest BCUT2D eigenvalue weighted by Gasteiger charge is -2.41. The number of fused-ring (bicyclic) bond motifs is 1. The van der Waals surface area contributed by atoms with Gasteiger partial charge in [-0.3, -0.25) is 14.8 Å². The number of rotatable bonds is 2. The summed E-state index contributed by atoms with van der Waals surface area (Å²) in [5.74, 6) is -0.284. The van der Waals surface area contributed by atoms with E-state index in [0.29, 0.717) is 23.4 Å². The van der Waals surface area contributed by atoms with E-state index in [2.05, 4.69) is 10.6 Å². The van der Waals surface area contributed by atoms with E-state index in [1.807, 2.05) is 0 Å². The largest absolute Gasteiger partial charge is 0.466 e. The molecule has 3 rings (SSSR count). The summed E-state index contributed by atoms with van der Waals surface area (Å²) in [6.45, 7) is 1.50. The molecule has 1 aromatic rings. The molecule has 7 nitrogen and oxygen atoms in total. The van der Waals surface area contributed by atoms with Gasteiger partial charge >= 0.3 is 0 Å². The number of piperidine rings is 1. The Hall–Kier alpha value is -2.38. The number of nitrogens with one attached hydrogen (secondary N) is 3. The number of carbonyl (C=O) groups is 2. The van der Waals surface area contributed by atoms with Crippen molar-refractivity contribution in [2.45, 2.75) is 18.6 Å². The quantitative estimate of drug-likeness (QED) is 0.360. The summed E-state index contributed by atoms with van der Waals surface area (Å²) in [6, 6.07) is 5.12. The molecule has 1 saturated heterocycles. The molecule has 0 bridgehead atoms. The van der Waals surface area contributed by atoms with Gasteiger partial charge in [-0.1, -0.05) is 6.07 Å². The molecule has 0 saturated carbocycles. The van der Waals surface area contributed by atoms with Crippen molar-refractivity contribution >= 4 is 17.9 Å². The topological polar surface area (TPSA) is 99.7 Å². The summed E-state index contributed by atoms with van der Waals surface area (Å²) in [5, 5.41) is 14.6.